The van der Waals surface area contributed by atoms with Gasteiger partial charge in [-0.3, -0.25) is 14.8 Å². The number of rotatable bonds is 6. The summed E-state index contributed by atoms with van der Waals surface area (Å²) >= 11 is 0. The van der Waals surface area contributed by atoms with Crippen LogP contribution in [0.5, 0.6) is 0 Å². The van der Waals surface area contributed by atoms with Crippen LogP contribution in [-0.2, 0) is 27.5 Å². The molecule has 2 atom stereocenters. The molecule has 3 aromatic rings. The highest BCUT2D eigenvalue weighted by Crippen LogP contribution is 2.30. The van der Waals surface area contributed by atoms with Gasteiger partial charge in [-0.1, -0.05) is 5.92 Å². The van der Waals surface area contributed by atoms with E-state index in [-0.39, 0.29) is 41.2 Å². The lowest BCUT2D eigenvalue weighted by atomic mass is 10.1. The lowest BCUT2D eigenvalue weighted by molar-refractivity contribution is -0.141. The van der Waals surface area contributed by atoms with E-state index in [4.69, 9.17) is 6.42 Å². The second-order valence-electron chi connectivity index (χ2n) is 8.34. The molecular formula is C25H19F5N4O3S. The van der Waals surface area contributed by atoms with E-state index in [1.54, 1.807) is 0 Å². The molecule has 1 aliphatic heterocycles. The third kappa shape index (κ3) is 5.51. The summed E-state index contributed by atoms with van der Waals surface area (Å²) in [5.41, 5.74) is -0.00366. The largest absolute Gasteiger partial charge is 0.433 e. The number of hydrogen-bond acceptors (Lipinski definition) is 5. The van der Waals surface area contributed by atoms with Gasteiger partial charge in [-0.2, -0.15) is 17.5 Å². The Morgan fingerprint density at radius 1 is 1.13 bits per heavy atom. The maximum absolute atomic E-state index is 14.7. The van der Waals surface area contributed by atoms with Crippen molar-refractivity contribution < 1.29 is 35.2 Å². The quantitative estimate of drug-likeness (QED) is 0.373. The Bertz CT molecular complexity index is 1490. The lowest BCUT2D eigenvalue weighted by Crippen LogP contribution is -2.49. The predicted octanol–water partition coefficient (Wildman–Crippen LogP) is 3.70. The van der Waals surface area contributed by atoms with Gasteiger partial charge in [0.2, 0.25) is 15.9 Å². The highest BCUT2D eigenvalue weighted by Gasteiger charge is 2.46. The standard InChI is InChI=1S/C25H19F5N4O3S/c1-2-15-12-31-21(16-3-8-22(32-13-16)25(28,29)30)11-17(15)14-33-24(35)23-20(27)9-10-34(23)38(36,37)19-6-4-18(26)5-7-19/h1,3-8,11-13,20,23H,9-10,14H2,(H,33,35)/t20-,23-/m0/s1. The Labute approximate surface area is 214 Å². The highest BCUT2D eigenvalue weighted by atomic mass is 32.2. The second-order valence-corrected chi connectivity index (χ2v) is 10.2. The first-order valence-electron chi connectivity index (χ1n) is 11.1. The molecule has 1 amide bonds. The molecule has 198 valence electrons. The molecule has 1 N–H and O–H groups in total. The van der Waals surface area contributed by atoms with E-state index in [2.05, 4.69) is 21.2 Å². The Kier molecular flexibility index (Phi) is 7.48. The number of amides is 1. The van der Waals surface area contributed by atoms with Crippen LogP contribution >= 0.6 is 0 Å². The zero-order valence-electron chi connectivity index (χ0n) is 19.4. The number of carbonyl (C=O) groups excluding carboxylic acids is 1. The van der Waals surface area contributed by atoms with Gasteiger partial charge in [0.05, 0.1) is 10.6 Å². The van der Waals surface area contributed by atoms with Gasteiger partial charge in [0.15, 0.2) is 0 Å². The zero-order chi connectivity index (χ0) is 27.7. The summed E-state index contributed by atoms with van der Waals surface area (Å²) in [6.45, 7) is -0.496. The number of aromatic nitrogens is 2. The molecule has 38 heavy (non-hydrogen) atoms. The summed E-state index contributed by atoms with van der Waals surface area (Å²) < 4.78 is 93.1. The zero-order valence-corrected chi connectivity index (χ0v) is 20.2. The number of nitrogens with zero attached hydrogens (tertiary/aromatic N) is 3. The van der Waals surface area contributed by atoms with Crippen molar-refractivity contribution in [2.45, 2.75) is 36.3 Å². The second kappa shape index (κ2) is 10.5. The molecule has 0 spiro atoms. The molecule has 1 saturated heterocycles. The number of terminal acetylenes is 1. The Morgan fingerprint density at radius 2 is 1.84 bits per heavy atom. The molecule has 1 fully saturated rings. The first-order chi connectivity index (χ1) is 17.9. The molecule has 7 nitrogen and oxygen atoms in total. The van der Waals surface area contributed by atoms with Crippen LogP contribution in [0.2, 0.25) is 0 Å². The van der Waals surface area contributed by atoms with Crippen molar-refractivity contribution in [3.05, 3.63) is 77.5 Å². The maximum atomic E-state index is 14.7. The van der Waals surface area contributed by atoms with Crippen LogP contribution in [0.25, 0.3) is 11.3 Å². The first kappa shape index (κ1) is 27.2. The van der Waals surface area contributed by atoms with E-state index < -0.39 is 45.8 Å². The third-order valence-electron chi connectivity index (χ3n) is 5.91. The third-order valence-corrected chi connectivity index (χ3v) is 7.81. The van der Waals surface area contributed by atoms with Crippen LogP contribution in [0.1, 0.15) is 23.2 Å². The number of sulfonamides is 1. The molecule has 4 rings (SSSR count). The number of hydrogen-bond donors (Lipinski definition) is 1. The van der Waals surface area contributed by atoms with Gasteiger partial charge in [0.25, 0.3) is 0 Å². The van der Waals surface area contributed by atoms with Crippen molar-refractivity contribution in [2.75, 3.05) is 6.54 Å². The van der Waals surface area contributed by atoms with Gasteiger partial charge in [0, 0.05) is 36.6 Å². The molecule has 0 unspecified atom stereocenters. The molecule has 0 bridgehead atoms. The Morgan fingerprint density at radius 3 is 2.45 bits per heavy atom. The van der Waals surface area contributed by atoms with Crippen LogP contribution in [-0.4, -0.2) is 47.4 Å². The van der Waals surface area contributed by atoms with Crippen molar-refractivity contribution >= 4 is 15.9 Å². The highest BCUT2D eigenvalue weighted by molar-refractivity contribution is 7.89. The van der Waals surface area contributed by atoms with Crippen LogP contribution in [0.4, 0.5) is 22.0 Å². The first-order valence-corrected chi connectivity index (χ1v) is 12.5. The molecular weight excluding hydrogens is 531 g/mol. The van der Waals surface area contributed by atoms with E-state index in [1.807, 2.05) is 0 Å². The summed E-state index contributed by atoms with van der Waals surface area (Å²) in [7, 11) is -4.30. The summed E-state index contributed by atoms with van der Waals surface area (Å²) in [6.07, 6.45) is 1.16. The topological polar surface area (TPSA) is 92.3 Å². The van der Waals surface area contributed by atoms with Crippen molar-refractivity contribution in [1.82, 2.24) is 19.6 Å². The molecule has 1 aliphatic rings. The van der Waals surface area contributed by atoms with Crippen LogP contribution < -0.4 is 5.32 Å². The van der Waals surface area contributed by atoms with Gasteiger partial charge in [-0.25, -0.2) is 17.2 Å². The molecule has 3 heterocycles. The number of pyridine rings is 2. The SMILES string of the molecule is C#Cc1cnc(-c2ccc(C(F)(F)F)nc2)cc1CNC(=O)[C@@H]1[C@@H](F)CCN1S(=O)(=O)c1ccc(F)cc1. The fourth-order valence-electron chi connectivity index (χ4n) is 3.97. The van der Waals surface area contributed by atoms with Gasteiger partial charge < -0.3 is 5.32 Å². The smallest absolute Gasteiger partial charge is 0.350 e. The van der Waals surface area contributed by atoms with Gasteiger partial charge in [-0.05, 0) is 54.4 Å². The summed E-state index contributed by atoms with van der Waals surface area (Å²) in [5, 5.41) is 2.48. The fourth-order valence-corrected chi connectivity index (χ4v) is 5.59. The molecule has 0 saturated carbocycles. The van der Waals surface area contributed by atoms with Crippen LogP contribution in [0.15, 0.2) is 59.8 Å². The summed E-state index contributed by atoms with van der Waals surface area (Å²) in [4.78, 5) is 20.2. The minimum absolute atomic E-state index is 0.214. The average molecular weight is 551 g/mol. The molecule has 13 heteroatoms. The maximum Gasteiger partial charge on any atom is 0.433 e. The summed E-state index contributed by atoms with van der Waals surface area (Å²) in [5.74, 6) is 0.801. The van der Waals surface area contributed by atoms with Crippen molar-refractivity contribution in [1.29, 1.82) is 0 Å². The number of alkyl halides is 4. The molecule has 2 aromatic heterocycles. The molecule has 0 aliphatic carbocycles. The minimum atomic E-state index is -4.61. The summed E-state index contributed by atoms with van der Waals surface area (Å²) in [6, 6.07) is 5.69. The Hall–Kier alpha value is -3.89. The van der Waals surface area contributed by atoms with Gasteiger partial charge in [-0.15, -0.1) is 6.42 Å². The van der Waals surface area contributed by atoms with Crippen molar-refractivity contribution in [3.63, 3.8) is 0 Å². The number of benzene rings is 1. The number of nitrogens with one attached hydrogen (secondary N) is 1. The van der Waals surface area contributed by atoms with Crippen molar-refractivity contribution in [2.24, 2.45) is 0 Å². The van der Waals surface area contributed by atoms with E-state index >= 15 is 0 Å². The van der Waals surface area contributed by atoms with E-state index in [0.717, 1.165) is 40.8 Å². The van der Waals surface area contributed by atoms with E-state index in [1.165, 1.54) is 18.3 Å². The molecule has 1 aromatic carbocycles. The average Bonchev–Trinajstić information content (AvgIpc) is 3.29. The van der Waals surface area contributed by atoms with Gasteiger partial charge >= 0.3 is 6.18 Å². The van der Waals surface area contributed by atoms with E-state index in [0.29, 0.717) is 5.56 Å². The van der Waals surface area contributed by atoms with Crippen molar-refractivity contribution in [3.8, 4) is 23.6 Å². The fraction of sp³-hybridized carbons (Fsp3) is 0.240. The normalized spacial score (nSPS) is 18.2. The van der Waals surface area contributed by atoms with Crippen LogP contribution in [0.3, 0.4) is 0 Å². The van der Waals surface area contributed by atoms with Crippen LogP contribution in [0, 0.1) is 18.2 Å². The number of carbonyl (C=O) groups is 1. The number of halogens is 5. The lowest BCUT2D eigenvalue weighted by Gasteiger charge is -2.24. The van der Waals surface area contributed by atoms with Gasteiger partial charge in [0.1, 0.15) is 23.7 Å². The molecule has 0 radical (unpaired) electrons. The monoisotopic (exact) mass is 550 g/mol. The van der Waals surface area contributed by atoms with E-state index in [9.17, 15) is 35.2 Å². The predicted molar refractivity (Wildman–Crippen MR) is 126 cm³/mol. The Balaban J connectivity index is 1.54. The minimum Gasteiger partial charge on any atom is -0.350 e.